The first-order valence-corrected chi connectivity index (χ1v) is 6.37. The molecule has 2 aromatic carbocycles. The number of hydrogen-bond acceptors (Lipinski definition) is 2. The first-order valence-electron chi connectivity index (χ1n) is 8.49. The van der Waals surface area contributed by atoms with Crippen LogP contribution in [0.2, 0.25) is 5.02 Å². The summed E-state index contributed by atoms with van der Waals surface area (Å²) < 4.78 is 39.9. The molecule has 0 unspecified atom stereocenters. The molecule has 0 radical (unpaired) electrons. The minimum absolute atomic E-state index is 0.0497. The average molecular weight is 289 g/mol. The van der Waals surface area contributed by atoms with Crippen LogP contribution in [-0.4, -0.2) is 25.1 Å². The van der Waals surface area contributed by atoms with Crippen LogP contribution in [-0.2, 0) is 0 Å². The highest BCUT2D eigenvalue weighted by atomic mass is 35.5. The Morgan fingerprint density at radius 2 is 2.10 bits per heavy atom. The summed E-state index contributed by atoms with van der Waals surface area (Å²) >= 11 is 6.11. The van der Waals surface area contributed by atoms with Crippen LogP contribution in [0.3, 0.4) is 0 Å². The van der Waals surface area contributed by atoms with E-state index in [2.05, 4.69) is 15.3 Å². The average Bonchev–Trinajstić information content (AvgIpc) is 2.78. The number of rotatable bonds is 1. The van der Waals surface area contributed by atoms with Crippen LogP contribution in [0.4, 0.5) is 5.69 Å². The first kappa shape index (κ1) is 8.22. The van der Waals surface area contributed by atoms with Gasteiger partial charge in [0.2, 0.25) is 0 Å². The number of anilines is 1. The van der Waals surface area contributed by atoms with Crippen molar-refractivity contribution in [3.63, 3.8) is 0 Å². The number of aliphatic imine (C=N–C) groups is 2. The Balaban J connectivity index is 2.35. The van der Waals surface area contributed by atoms with Gasteiger partial charge in [-0.05, 0) is 18.2 Å². The molecular weight excluding hydrogens is 270 g/mol. The van der Waals surface area contributed by atoms with E-state index in [1.54, 1.807) is 25.2 Å². The SMILES string of the molecule is [2H]c1c([2H])c([2H])c(C2=NCC(=NC)Nc3ccc(Cl)cc32)c([2H])c1[2H]. The number of benzodiazepines with no additional fused rings is 1. The molecule has 0 amide bonds. The van der Waals surface area contributed by atoms with Crippen molar-refractivity contribution < 1.29 is 6.85 Å². The van der Waals surface area contributed by atoms with Gasteiger partial charge in [-0.2, -0.15) is 0 Å². The topological polar surface area (TPSA) is 36.8 Å². The molecule has 1 aliphatic heterocycles. The van der Waals surface area contributed by atoms with Crippen LogP contribution in [0.1, 0.15) is 18.0 Å². The van der Waals surface area contributed by atoms with Crippen LogP contribution in [0.25, 0.3) is 0 Å². The zero-order valence-corrected chi connectivity index (χ0v) is 11.5. The zero-order valence-electron chi connectivity index (χ0n) is 15.7. The third-order valence-corrected chi connectivity index (χ3v) is 3.14. The number of nitrogens with one attached hydrogen (secondary N) is 1. The molecular formula is C16H14ClN3. The third kappa shape index (κ3) is 2.45. The van der Waals surface area contributed by atoms with Crippen LogP contribution in [0.5, 0.6) is 0 Å². The van der Waals surface area contributed by atoms with Crippen molar-refractivity contribution >= 4 is 28.8 Å². The van der Waals surface area contributed by atoms with Gasteiger partial charge >= 0.3 is 0 Å². The predicted molar refractivity (Wildman–Crippen MR) is 85.4 cm³/mol. The van der Waals surface area contributed by atoms with Gasteiger partial charge in [-0.3, -0.25) is 9.98 Å². The molecule has 0 saturated carbocycles. The smallest absolute Gasteiger partial charge is 0.122 e. The van der Waals surface area contributed by atoms with Gasteiger partial charge in [0.1, 0.15) is 5.84 Å². The Morgan fingerprint density at radius 3 is 2.85 bits per heavy atom. The van der Waals surface area contributed by atoms with Gasteiger partial charge in [0.15, 0.2) is 0 Å². The van der Waals surface area contributed by atoms with E-state index in [-0.39, 0.29) is 24.2 Å². The molecule has 1 aliphatic rings. The molecule has 20 heavy (non-hydrogen) atoms. The molecule has 4 heteroatoms. The fourth-order valence-corrected chi connectivity index (χ4v) is 2.14. The van der Waals surface area contributed by atoms with Crippen molar-refractivity contribution in [2.24, 2.45) is 9.98 Å². The second-order valence-electron chi connectivity index (χ2n) is 4.15. The fraction of sp³-hybridized carbons (Fsp3) is 0.125. The summed E-state index contributed by atoms with van der Waals surface area (Å²) in [4.78, 5) is 8.58. The largest absolute Gasteiger partial charge is 0.342 e. The summed E-state index contributed by atoms with van der Waals surface area (Å²) in [6, 6.07) is 3.27. The Kier molecular flexibility index (Phi) is 2.25. The van der Waals surface area contributed by atoms with Gasteiger partial charge in [-0.1, -0.05) is 41.8 Å². The Labute approximate surface area is 130 Å². The van der Waals surface area contributed by atoms with Crippen LogP contribution in [0.15, 0.2) is 58.4 Å². The van der Waals surface area contributed by atoms with E-state index in [9.17, 15) is 0 Å². The number of benzene rings is 2. The quantitative estimate of drug-likeness (QED) is 0.855. The van der Waals surface area contributed by atoms with E-state index in [0.29, 0.717) is 27.8 Å². The Bertz CT molecular complexity index is 911. The summed E-state index contributed by atoms with van der Waals surface area (Å²) in [7, 11) is 1.63. The van der Waals surface area contributed by atoms with Crippen LogP contribution in [0, 0.1) is 0 Å². The summed E-state index contributed by atoms with van der Waals surface area (Å²) in [6.07, 6.45) is 0. The number of amidine groups is 1. The predicted octanol–water partition coefficient (Wildman–Crippen LogP) is 3.63. The number of halogens is 1. The van der Waals surface area contributed by atoms with Gasteiger partial charge in [0, 0.05) is 28.9 Å². The van der Waals surface area contributed by atoms with E-state index in [0.717, 1.165) is 0 Å². The zero-order chi connectivity index (χ0) is 18.3. The maximum atomic E-state index is 8.20. The molecule has 0 aliphatic carbocycles. The Morgan fingerprint density at radius 1 is 1.30 bits per heavy atom. The van der Waals surface area contributed by atoms with Gasteiger partial charge in [-0.15, -0.1) is 0 Å². The van der Waals surface area contributed by atoms with E-state index < -0.39 is 18.1 Å². The molecule has 0 spiro atoms. The summed E-state index contributed by atoms with van der Waals surface area (Å²) in [5.74, 6) is 0.603. The van der Waals surface area contributed by atoms with Crippen molar-refractivity contribution in [1.82, 2.24) is 0 Å². The fourth-order valence-electron chi connectivity index (χ4n) is 1.96. The molecule has 3 rings (SSSR count). The van der Waals surface area contributed by atoms with Crippen molar-refractivity contribution in [3.05, 3.63) is 64.6 Å². The minimum atomic E-state index is -0.437. The summed E-state index contributed by atoms with van der Waals surface area (Å²) in [6.45, 7) is 0.195. The second kappa shape index (κ2) is 5.47. The van der Waals surface area contributed by atoms with Gasteiger partial charge < -0.3 is 5.32 Å². The van der Waals surface area contributed by atoms with Crippen LogP contribution >= 0.6 is 11.6 Å². The lowest BCUT2D eigenvalue weighted by atomic mass is 10.0. The third-order valence-electron chi connectivity index (χ3n) is 2.91. The van der Waals surface area contributed by atoms with Crippen molar-refractivity contribution in [3.8, 4) is 0 Å². The van der Waals surface area contributed by atoms with E-state index in [4.69, 9.17) is 18.5 Å². The Hall–Kier alpha value is -2.13. The second-order valence-corrected chi connectivity index (χ2v) is 4.59. The maximum absolute atomic E-state index is 8.20. The molecule has 100 valence electrons. The molecule has 2 aromatic rings. The number of fused-ring (bicyclic) bond motifs is 1. The molecule has 0 saturated heterocycles. The van der Waals surface area contributed by atoms with Gasteiger partial charge in [0.25, 0.3) is 0 Å². The maximum Gasteiger partial charge on any atom is 0.122 e. The van der Waals surface area contributed by atoms with Crippen LogP contribution < -0.4 is 5.32 Å². The molecule has 3 nitrogen and oxygen atoms in total. The molecule has 1 N–H and O–H groups in total. The summed E-state index contributed by atoms with van der Waals surface area (Å²) in [5.41, 5.74) is 1.56. The number of hydrogen-bond donors (Lipinski definition) is 1. The lowest BCUT2D eigenvalue weighted by Crippen LogP contribution is -2.14. The molecule has 0 bridgehead atoms. The lowest BCUT2D eigenvalue weighted by molar-refractivity contribution is 1.26. The standard InChI is InChI=1S/C16H14ClN3/c1-18-15-10-19-16(11-5-3-2-4-6-11)13-9-12(17)7-8-14(13)20-15/h2-9H,10H2,1H3,(H,18,20)/i2D,3D,4D,5D,6D. The highest BCUT2D eigenvalue weighted by Crippen LogP contribution is 2.26. The highest BCUT2D eigenvalue weighted by Gasteiger charge is 2.16. The van der Waals surface area contributed by atoms with Gasteiger partial charge in [-0.25, -0.2) is 0 Å². The molecule has 1 heterocycles. The van der Waals surface area contributed by atoms with E-state index in [1.807, 2.05) is 0 Å². The molecule has 0 fully saturated rings. The molecule has 0 aromatic heterocycles. The van der Waals surface area contributed by atoms with E-state index in [1.165, 1.54) is 0 Å². The number of nitrogens with zero attached hydrogens (tertiary/aromatic N) is 2. The van der Waals surface area contributed by atoms with E-state index >= 15 is 0 Å². The first-order chi connectivity index (χ1) is 11.8. The minimum Gasteiger partial charge on any atom is -0.342 e. The van der Waals surface area contributed by atoms with Crippen molar-refractivity contribution in [1.29, 1.82) is 0 Å². The monoisotopic (exact) mass is 288 g/mol. The van der Waals surface area contributed by atoms with Crippen molar-refractivity contribution in [2.75, 3.05) is 18.9 Å². The molecule has 0 atom stereocenters. The highest BCUT2D eigenvalue weighted by molar-refractivity contribution is 6.32. The normalized spacial score (nSPS) is 19.6. The van der Waals surface area contributed by atoms with Crippen molar-refractivity contribution in [2.45, 2.75) is 0 Å². The van der Waals surface area contributed by atoms with Gasteiger partial charge in [0.05, 0.1) is 19.1 Å². The lowest BCUT2D eigenvalue weighted by Gasteiger charge is -2.11. The summed E-state index contributed by atoms with van der Waals surface area (Å²) in [5, 5.41) is 3.60.